The van der Waals surface area contributed by atoms with Crippen LogP contribution in [0.2, 0.25) is 0 Å². The number of nitrogens with zero attached hydrogens (tertiary/aromatic N) is 5. The molecule has 0 unspecified atom stereocenters. The molecule has 1 fully saturated rings. The lowest BCUT2D eigenvalue weighted by Gasteiger charge is -2.16. The molecule has 172 valence electrons. The van der Waals surface area contributed by atoms with Gasteiger partial charge in [-0.3, -0.25) is 14.8 Å². The second-order valence-corrected chi connectivity index (χ2v) is 7.82. The average Bonchev–Trinajstić information content (AvgIpc) is 3.45. The van der Waals surface area contributed by atoms with Crippen LogP contribution in [0.5, 0.6) is 0 Å². The zero-order valence-corrected chi connectivity index (χ0v) is 17.3. The van der Waals surface area contributed by atoms with E-state index in [4.69, 9.17) is 0 Å². The number of aromatic amines is 1. The van der Waals surface area contributed by atoms with E-state index in [1.54, 1.807) is 18.2 Å². The standard InChI is InChI=1S/C22H15F4N7O/c23-13-2-6-17(28-11-13)21(7-8-21)20(34)29-14-3-4-15(16(9-14)19-30-32-33-31-19)12-1-5-18(27-10-12)22(24,25)26/h1-6,9-11H,7-8H2,(H,29,34)(H,30,31,32,33). The Morgan fingerprint density at radius 2 is 1.82 bits per heavy atom. The van der Waals surface area contributed by atoms with Crippen molar-refractivity contribution in [3.8, 4) is 22.5 Å². The van der Waals surface area contributed by atoms with Gasteiger partial charge in [0.1, 0.15) is 11.5 Å². The largest absolute Gasteiger partial charge is 0.433 e. The Balaban J connectivity index is 1.47. The average molecular weight is 469 g/mol. The first kappa shape index (κ1) is 21.6. The molecular formula is C22H15F4N7O. The molecule has 0 atom stereocenters. The number of alkyl halides is 3. The van der Waals surface area contributed by atoms with Gasteiger partial charge in [-0.2, -0.15) is 18.4 Å². The highest BCUT2D eigenvalue weighted by Crippen LogP contribution is 2.48. The minimum Gasteiger partial charge on any atom is -0.325 e. The number of H-pyrrole nitrogens is 1. The number of carbonyl (C=O) groups is 1. The molecule has 1 amide bonds. The van der Waals surface area contributed by atoms with Crippen molar-refractivity contribution >= 4 is 11.6 Å². The number of carbonyl (C=O) groups excluding carboxylic acids is 1. The zero-order chi connectivity index (χ0) is 23.9. The van der Waals surface area contributed by atoms with Crippen LogP contribution in [0.4, 0.5) is 23.2 Å². The summed E-state index contributed by atoms with van der Waals surface area (Å²) in [5.41, 5.74) is 0.389. The molecule has 4 aromatic rings. The molecule has 5 rings (SSSR count). The number of halogens is 4. The Labute approximate surface area is 189 Å². The first-order valence-electron chi connectivity index (χ1n) is 10.1. The summed E-state index contributed by atoms with van der Waals surface area (Å²) in [5.74, 6) is -0.597. The van der Waals surface area contributed by atoms with Crippen LogP contribution in [-0.4, -0.2) is 36.5 Å². The van der Waals surface area contributed by atoms with Gasteiger partial charge >= 0.3 is 6.18 Å². The molecule has 1 aliphatic rings. The van der Waals surface area contributed by atoms with Gasteiger partial charge in [0.25, 0.3) is 0 Å². The van der Waals surface area contributed by atoms with Crippen molar-refractivity contribution in [3.05, 3.63) is 72.1 Å². The smallest absolute Gasteiger partial charge is 0.325 e. The fourth-order valence-electron chi connectivity index (χ4n) is 3.69. The fraction of sp³-hybridized carbons (Fsp3) is 0.182. The molecule has 0 radical (unpaired) electrons. The van der Waals surface area contributed by atoms with Crippen molar-refractivity contribution in [3.63, 3.8) is 0 Å². The van der Waals surface area contributed by atoms with E-state index in [1.807, 2.05) is 0 Å². The number of hydrogen-bond acceptors (Lipinski definition) is 6. The van der Waals surface area contributed by atoms with Crippen LogP contribution >= 0.6 is 0 Å². The van der Waals surface area contributed by atoms with Crippen LogP contribution < -0.4 is 5.32 Å². The van der Waals surface area contributed by atoms with Gasteiger partial charge in [0.15, 0.2) is 0 Å². The van der Waals surface area contributed by atoms with Crippen LogP contribution in [0.1, 0.15) is 24.2 Å². The summed E-state index contributed by atoms with van der Waals surface area (Å²) in [6.45, 7) is 0. The summed E-state index contributed by atoms with van der Waals surface area (Å²) in [5, 5.41) is 16.6. The third-order valence-corrected chi connectivity index (χ3v) is 5.63. The summed E-state index contributed by atoms with van der Waals surface area (Å²) >= 11 is 0. The number of benzene rings is 1. The Morgan fingerprint density at radius 3 is 2.41 bits per heavy atom. The van der Waals surface area contributed by atoms with Crippen molar-refractivity contribution in [2.24, 2.45) is 0 Å². The van der Waals surface area contributed by atoms with Crippen molar-refractivity contribution in [2.75, 3.05) is 5.32 Å². The molecule has 3 aromatic heterocycles. The van der Waals surface area contributed by atoms with Crippen LogP contribution in [0.15, 0.2) is 54.9 Å². The summed E-state index contributed by atoms with van der Waals surface area (Å²) in [4.78, 5) is 20.6. The molecule has 1 aromatic carbocycles. The lowest BCUT2D eigenvalue weighted by Crippen LogP contribution is -2.28. The fourth-order valence-corrected chi connectivity index (χ4v) is 3.69. The van der Waals surface area contributed by atoms with Gasteiger partial charge in [-0.15, -0.1) is 10.2 Å². The highest BCUT2D eigenvalue weighted by atomic mass is 19.4. The predicted molar refractivity (Wildman–Crippen MR) is 112 cm³/mol. The summed E-state index contributed by atoms with van der Waals surface area (Å²) in [7, 11) is 0. The molecule has 12 heteroatoms. The van der Waals surface area contributed by atoms with E-state index in [-0.39, 0.29) is 11.7 Å². The Hall–Kier alpha value is -4.22. The summed E-state index contributed by atoms with van der Waals surface area (Å²) < 4.78 is 51.9. The van der Waals surface area contributed by atoms with Gasteiger partial charge in [-0.05, 0) is 54.0 Å². The van der Waals surface area contributed by atoms with Crippen LogP contribution in [0.25, 0.3) is 22.5 Å². The second-order valence-electron chi connectivity index (χ2n) is 7.82. The number of tetrazole rings is 1. The van der Waals surface area contributed by atoms with Crippen molar-refractivity contribution < 1.29 is 22.4 Å². The van der Waals surface area contributed by atoms with Gasteiger partial charge in [0.2, 0.25) is 11.7 Å². The minimum atomic E-state index is -4.55. The molecule has 1 saturated carbocycles. The number of amides is 1. The van der Waals surface area contributed by atoms with Crippen LogP contribution in [0, 0.1) is 5.82 Å². The third kappa shape index (κ3) is 3.98. The van der Waals surface area contributed by atoms with E-state index >= 15 is 0 Å². The molecule has 0 bridgehead atoms. The Morgan fingerprint density at radius 1 is 1.00 bits per heavy atom. The van der Waals surface area contributed by atoms with Gasteiger partial charge in [0, 0.05) is 23.0 Å². The number of pyridine rings is 2. The molecule has 3 heterocycles. The highest BCUT2D eigenvalue weighted by Gasteiger charge is 2.52. The molecule has 1 aliphatic carbocycles. The van der Waals surface area contributed by atoms with E-state index in [0.29, 0.717) is 40.9 Å². The highest BCUT2D eigenvalue weighted by molar-refractivity contribution is 6.01. The topological polar surface area (TPSA) is 109 Å². The lowest BCUT2D eigenvalue weighted by atomic mass is 9.98. The van der Waals surface area contributed by atoms with Crippen molar-refractivity contribution in [1.82, 2.24) is 30.6 Å². The summed E-state index contributed by atoms with van der Waals surface area (Å²) in [6, 6.07) is 9.78. The first-order chi connectivity index (χ1) is 16.3. The van der Waals surface area contributed by atoms with Gasteiger partial charge in [-0.25, -0.2) is 4.39 Å². The van der Waals surface area contributed by atoms with Crippen molar-refractivity contribution in [2.45, 2.75) is 24.4 Å². The molecule has 0 saturated heterocycles. The summed E-state index contributed by atoms with van der Waals surface area (Å²) in [6.07, 6.45) is -1.22. The SMILES string of the molecule is O=C(Nc1ccc(-c2ccc(C(F)(F)F)nc2)c(-c2nn[nH]n2)c1)C1(c2ccc(F)cn2)CC1. The van der Waals surface area contributed by atoms with E-state index in [9.17, 15) is 22.4 Å². The Bertz CT molecular complexity index is 1330. The van der Waals surface area contributed by atoms with E-state index in [0.717, 1.165) is 18.5 Å². The minimum absolute atomic E-state index is 0.187. The molecule has 34 heavy (non-hydrogen) atoms. The quantitative estimate of drug-likeness (QED) is 0.425. The maximum absolute atomic E-state index is 13.2. The van der Waals surface area contributed by atoms with Crippen molar-refractivity contribution in [1.29, 1.82) is 0 Å². The van der Waals surface area contributed by atoms with Gasteiger partial charge in [0.05, 0.1) is 17.3 Å². The molecule has 0 aliphatic heterocycles. The third-order valence-electron chi connectivity index (χ3n) is 5.63. The van der Waals surface area contributed by atoms with Crippen LogP contribution in [0.3, 0.4) is 0 Å². The predicted octanol–water partition coefficient (Wildman–Crippen LogP) is 4.15. The van der Waals surface area contributed by atoms with Crippen LogP contribution in [-0.2, 0) is 16.4 Å². The maximum atomic E-state index is 13.2. The molecule has 2 N–H and O–H groups in total. The monoisotopic (exact) mass is 469 g/mol. The van der Waals surface area contributed by atoms with E-state index in [2.05, 4.69) is 35.9 Å². The molecule has 8 nitrogen and oxygen atoms in total. The molecular weight excluding hydrogens is 454 g/mol. The van der Waals surface area contributed by atoms with E-state index in [1.165, 1.54) is 18.2 Å². The normalized spacial score (nSPS) is 14.6. The number of nitrogens with one attached hydrogen (secondary N) is 2. The second kappa shape index (κ2) is 7.97. The first-order valence-corrected chi connectivity index (χ1v) is 10.1. The van der Waals surface area contributed by atoms with Gasteiger partial charge < -0.3 is 5.32 Å². The Kier molecular flexibility index (Phi) is 5.07. The molecule has 0 spiro atoms. The number of aromatic nitrogens is 6. The zero-order valence-electron chi connectivity index (χ0n) is 17.3. The van der Waals surface area contributed by atoms with Gasteiger partial charge in [-0.1, -0.05) is 12.1 Å². The number of rotatable bonds is 5. The van der Waals surface area contributed by atoms with E-state index < -0.39 is 23.1 Å². The number of hydrogen-bond donors (Lipinski definition) is 2. The maximum Gasteiger partial charge on any atom is 0.433 e. The lowest BCUT2D eigenvalue weighted by molar-refractivity contribution is -0.141. The number of anilines is 1.